The number of hydrogen-bond acceptors (Lipinski definition) is 5. The Morgan fingerprint density at radius 3 is 3.05 bits per heavy atom. The lowest BCUT2D eigenvalue weighted by atomic mass is 10.1. The van der Waals surface area contributed by atoms with E-state index in [1.54, 1.807) is 11.7 Å². The van der Waals surface area contributed by atoms with Crippen molar-refractivity contribution in [3.8, 4) is 0 Å². The Balaban J connectivity index is 1.61. The Morgan fingerprint density at radius 2 is 2.26 bits per heavy atom. The van der Waals surface area contributed by atoms with Gasteiger partial charge in [-0.05, 0) is 19.3 Å². The highest BCUT2D eigenvalue weighted by molar-refractivity contribution is 7.09. The summed E-state index contributed by atoms with van der Waals surface area (Å²) in [7, 11) is 1.77. The molecule has 0 radical (unpaired) electrons. The maximum atomic E-state index is 11.8. The fourth-order valence-corrected chi connectivity index (χ4v) is 3.35. The SMILES string of the molecule is Cn1[nH]c2c(c1=O)CCN(c1nc(C3CC3)ns1)C2. The summed E-state index contributed by atoms with van der Waals surface area (Å²) in [6, 6.07) is 0. The highest BCUT2D eigenvalue weighted by Crippen LogP contribution is 2.40. The van der Waals surface area contributed by atoms with Crippen molar-refractivity contribution in [2.24, 2.45) is 7.05 Å². The van der Waals surface area contributed by atoms with Crippen molar-refractivity contribution in [1.29, 1.82) is 0 Å². The third-order valence-corrected chi connectivity index (χ3v) is 4.65. The van der Waals surface area contributed by atoms with Crippen molar-refractivity contribution in [2.45, 2.75) is 31.7 Å². The van der Waals surface area contributed by atoms with E-state index in [0.29, 0.717) is 5.92 Å². The van der Waals surface area contributed by atoms with E-state index in [1.165, 1.54) is 24.4 Å². The normalized spacial score (nSPS) is 18.7. The Hall–Kier alpha value is -1.63. The zero-order valence-corrected chi connectivity index (χ0v) is 11.5. The van der Waals surface area contributed by atoms with Gasteiger partial charge in [0.15, 0.2) is 0 Å². The van der Waals surface area contributed by atoms with Crippen LogP contribution in [-0.2, 0) is 20.0 Å². The molecule has 100 valence electrons. The number of anilines is 1. The number of hydrogen-bond donors (Lipinski definition) is 1. The minimum atomic E-state index is 0.102. The molecule has 4 rings (SSSR count). The molecule has 7 heteroatoms. The quantitative estimate of drug-likeness (QED) is 0.889. The molecule has 1 aliphatic carbocycles. The first-order chi connectivity index (χ1) is 9.22. The van der Waals surface area contributed by atoms with Crippen molar-refractivity contribution in [1.82, 2.24) is 19.1 Å². The summed E-state index contributed by atoms with van der Waals surface area (Å²) in [6.45, 7) is 1.57. The first-order valence-electron chi connectivity index (χ1n) is 6.57. The average Bonchev–Trinajstić information content (AvgIpc) is 3.08. The maximum absolute atomic E-state index is 11.8. The first-order valence-corrected chi connectivity index (χ1v) is 7.35. The topological polar surface area (TPSA) is 66.8 Å². The van der Waals surface area contributed by atoms with Crippen LogP contribution in [0.25, 0.3) is 0 Å². The molecular weight excluding hydrogens is 262 g/mol. The second kappa shape index (κ2) is 3.93. The molecule has 1 fully saturated rings. The number of aryl methyl sites for hydroxylation is 1. The van der Waals surface area contributed by atoms with Gasteiger partial charge in [0, 0.05) is 36.6 Å². The van der Waals surface area contributed by atoms with Crippen molar-refractivity contribution in [3.05, 3.63) is 27.4 Å². The number of nitrogens with one attached hydrogen (secondary N) is 1. The van der Waals surface area contributed by atoms with Crippen LogP contribution in [0.1, 0.15) is 35.8 Å². The van der Waals surface area contributed by atoms with Gasteiger partial charge in [-0.25, -0.2) is 4.98 Å². The molecule has 6 nitrogen and oxygen atoms in total. The van der Waals surface area contributed by atoms with Crippen LogP contribution in [0.5, 0.6) is 0 Å². The fraction of sp³-hybridized carbons (Fsp3) is 0.583. The lowest BCUT2D eigenvalue weighted by Crippen LogP contribution is -2.32. The summed E-state index contributed by atoms with van der Waals surface area (Å²) in [6.07, 6.45) is 3.24. The molecule has 0 spiro atoms. The molecule has 0 atom stereocenters. The number of nitrogens with zero attached hydrogens (tertiary/aromatic N) is 4. The van der Waals surface area contributed by atoms with Crippen molar-refractivity contribution >= 4 is 16.7 Å². The summed E-state index contributed by atoms with van der Waals surface area (Å²) >= 11 is 1.48. The minimum absolute atomic E-state index is 0.102. The lowest BCUT2D eigenvalue weighted by molar-refractivity contribution is 0.689. The summed E-state index contributed by atoms with van der Waals surface area (Å²) < 4.78 is 6.00. The molecule has 0 unspecified atom stereocenters. The van der Waals surface area contributed by atoms with E-state index in [2.05, 4.69) is 19.4 Å². The van der Waals surface area contributed by atoms with E-state index in [1.807, 2.05) is 0 Å². The zero-order valence-electron chi connectivity index (χ0n) is 10.7. The predicted molar refractivity (Wildman–Crippen MR) is 72.7 cm³/mol. The number of H-pyrrole nitrogens is 1. The van der Waals surface area contributed by atoms with Crippen LogP contribution >= 0.6 is 11.5 Å². The van der Waals surface area contributed by atoms with Gasteiger partial charge >= 0.3 is 0 Å². The monoisotopic (exact) mass is 277 g/mol. The summed E-state index contributed by atoms with van der Waals surface area (Å²) in [5, 5.41) is 4.11. The van der Waals surface area contributed by atoms with Crippen molar-refractivity contribution in [3.63, 3.8) is 0 Å². The van der Waals surface area contributed by atoms with Crippen LogP contribution in [0.2, 0.25) is 0 Å². The molecule has 2 aliphatic rings. The molecule has 0 aromatic carbocycles. The Kier molecular flexibility index (Phi) is 2.32. The van der Waals surface area contributed by atoms with Gasteiger partial charge in [-0.3, -0.25) is 14.6 Å². The predicted octanol–water partition coefficient (Wildman–Crippen LogP) is 1.00. The number of fused-ring (bicyclic) bond motifs is 1. The molecule has 1 aliphatic heterocycles. The highest BCUT2D eigenvalue weighted by Gasteiger charge is 2.30. The molecule has 19 heavy (non-hydrogen) atoms. The third-order valence-electron chi connectivity index (χ3n) is 3.85. The van der Waals surface area contributed by atoms with E-state index < -0.39 is 0 Å². The molecule has 2 aromatic rings. The molecule has 3 heterocycles. The van der Waals surface area contributed by atoms with Crippen LogP contribution in [-0.4, -0.2) is 25.7 Å². The Labute approximate surface area is 114 Å². The van der Waals surface area contributed by atoms with Crippen LogP contribution in [0.15, 0.2) is 4.79 Å². The summed E-state index contributed by atoms with van der Waals surface area (Å²) in [4.78, 5) is 18.7. The van der Waals surface area contributed by atoms with E-state index in [4.69, 9.17) is 0 Å². The van der Waals surface area contributed by atoms with Gasteiger partial charge in [0.05, 0.1) is 12.2 Å². The third kappa shape index (κ3) is 1.80. The van der Waals surface area contributed by atoms with Gasteiger partial charge in [0.1, 0.15) is 5.82 Å². The second-order valence-electron chi connectivity index (χ2n) is 5.31. The number of rotatable bonds is 2. The molecule has 1 saturated carbocycles. The van der Waals surface area contributed by atoms with Crippen LogP contribution in [0.4, 0.5) is 5.13 Å². The number of aromatic amines is 1. The molecule has 0 amide bonds. The van der Waals surface area contributed by atoms with Gasteiger partial charge in [-0.1, -0.05) is 0 Å². The molecule has 0 bridgehead atoms. The first kappa shape index (κ1) is 11.2. The standard InChI is InChI=1S/C12H15N5OS/c1-16-11(18)8-4-5-17(6-9(8)14-16)12-13-10(15-19-12)7-2-3-7/h7,14H,2-6H2,1H3. The fourth-order valence-electron chi connectivity index (χ4n) is 2.58. The zero-order chi connectivity index (χ0) is 13.0. The average molecular weight is 277 g/mol. The molecular formula is C12H15N5OS. The van der Waals surface area contributed by atoms with Gasteiger partial charge < -0.3 is 4.90 Å². The van der Waals surface area contributed by atoms with E-state index in [-0.39, 0.29) is 5.56 Å². The Morgan fingerprint density at radius 1 is 1.42 bits per heavy atom. The minimum Gasteiger partial charge on any atom is -0.341 e. The van der Waals surface area contributed by atoms with Crippen LogP contribution < -0.4 is 10.5 Å². The van der Waals surface area contributed by atoms with Gasteiger partial charge in [0.25, 0.3) is 5.56 Å². The highest BCUT2D eigenvalue weighted by atomic mass is 32.1. The van der Waals surface area contributed by atoms with E-state index >= 15 is 0 Å². The molecule has 0 saturated heterocycles. The summed E-state index contributed by atoms with van der Waals surface area (Å²) in [5.74, 6) is 1.61. The van der Waals surface area contributed by atoms with E-state index in [0.717, 1.165) is 41.7 Å². The lowest BCUT2D eigenvalue weighted by Gasteiger charge is -2.24. The van der Waals surface area contributed by atoms with Crippen LogP contribution in [0.3, 0.4) is 0 Å². The maximum Gasteiger partial charge on any atom is 0.269 e. The smallest absolute Gasteiger partial charge is 0.269 e. The molecule has 1 N–H and O–H groups in total. The second-order valence-corrected chi connectivity index (χ2v) is 6.04. The van der Waals surface area contributed by atoms with Gasteiger partial charge in [-0.15, -0.1) is 0 Å². The number of aromatic nitrogens is 4. The van der Waals surface area contributed by atoms with Gasteiger partial charge in [0.2, 0.25) is 5.13 Å². The largest absolute Gasteiger partial charge is 0.341 e. The van der Waals surface area contributed by atoms with Crippen LogP contribution in [0, 0.1) is 0 Å². The van der Waals surface area contributed by atoms with E-state index in [9.17, 15) is 4.79 Å². The Bertz CT molecular complexity index is 681. The van der Waals surface area contributed by atoms with Crippen molar-refractivity contribution < 1.29 is 0 Å². The van der Waals surface area contributed by atoms with Crippen molar-refractivity contribution in [2.75, 3.05) is 11.4 Å². The summed E-state index contributed by atoms with van der Waals surface area (Å²) in [5.41, 5.74) is 2.04. The molecule has 2 aromatic heterocycles. The van der Waals surface area contributed by atoms with Gasteiger partial charge in [-0.2, -0.15) is 4.37 Å².